The first-order chi connectivity index (χ1) is 9.46. The van der Waals surface area contributed by atoms with Gasteiger partial charge in [0.1, 0.15) is 29.3 Å². The normalized spacial score (nSPS) is 34.0. The molecule has 8 nitrogen and oxygen atoms in total. The Bertz CT molecular complexity index is 646. The highest BCUT2D eigenvalue weighted by Crippen LogP contribution is 2.39. The highest BCUT2D eigenvalue weighted by molar-refractivity contribution is 6.33. The zero-order valence-corrected chi connectivity index (χ0v) is 11.3. The number of nitrogens with zero attached hydrogens (tertiary/aromatic N) is 4. The van der Waals surface area contributed by atoms with Crippen LogP contribution in [-0.2, 0) is 4.74 Å². The van der Waals surface area contributed by atoms with Crippen LogP contribution < -0.4 is 0 Å². The lowest BCUT2D eigenvalue weighted by Crippen LogP contribution is -2.44. The molecule has 1 aliphatic rings. The van der Waals surface area contributed by atoms with Crippen molar-refractivity contribution in [2.75, 3.05) is 6.61 Å². The van der Waals surface area contributed by atoms with E-state index in [9.17, 15) is 10.2 Å². The molecule has 0 bridgehead atoms. The molecule has 108 valence electrons. The summed E-state index contributed by atoms with van der Waals surface area (Å²) in [6.45, 7) is 0.997. The van der Waals surface area contributed by atoms with E-state index < -0.39 is 30.6 Å². The van der Waals surface area contributed by atoms with Gasteiger partial charge in [-0.25, -0.2) is 14.6 Å². The first-order valence-electron chi connectivity index (χ1n) is 5.97. The van der Waals surface area contributed by atoms with Gasteiger partial charge in [0.25, 0.3) is 0 Å². The number of aliphatic hydroxyl groups is 3. The summed E-state index contributed by atoms with van der Waals surface area (Å²) in [5, 5.41) is 34.4. The fraction of sp³-hybridized carbons (Fsp3) is 0.545. The molecule has 3 heterocycles. The summed E-state index contributed by atoms with van der Waals surface area (Å²) in [6.07, 6.45) is -0.402. The fourth-order valence-electron chi connectivity index (χ4n) is 2.35. The third kappa shape index (κ3) is 1.80. The zero-order chi connectivity index (χ0) is 14.5. The second kappa shape index (κ2) is 4.61. The Balaban J connectivity index is 2.10. The van der Waals surface area contributed by atoms with Crippen LogP contribution in [0.15, 0.2) is 12.5 Å². The number of ether oxygens (including phenoxy) is 1. The van der Waals surface area contributed by atoms with Gasteiger partial charge in [0.05, 0.1) is 18.2 Å². The van der Waals surface area contributed by atoms with Gasteiger partial charge in [0.2, 0.25) is 0 Å². The van der Waals surface area contributed by atoms with Crippen molar-refractivity contribution in [2.45, 2.75) is 31.0 Å². The lowest BCUT2D eigenvalue weighted by atomic mass is 9.97. The number of hydrogen-bond acceptors (Lipinski definition) is 7. The van der Waals surface area contributed by atoms with Crippen LogP contribution in [0.1, 0.15) is 13.2 Å². The number of halogens is 1. The van der Waals surface area contributed by atoms with Crippen molar-refractivity contribution < 1.29 is 20.1 Å². The van der Waals surface area contributed by atoms with Crippen LogP contribution in [0.2, 0.25) is 5.15 Å². The molecule has 1 fully saturated rings. The number of aliphatic hydroxyl groups excluding tert-OH is 2. The summed E-state index contributed by atoms with van der Waals surface area (Å²) in [7, 11) is 0. The summed E-state index contributed by atoms with van der Waals surface area (Å²) < 4.78 is 6.80. The second-order valence-electron chi connectivity index (χ2n) is 4.87. The molecule has 0 aromatic carbocycles. The largest absolute Gasteiger partial charge is 0.394 e. The van der Waals surface area contributed by atoms with Crippen molar-refractivity contribution in [1.82, 2.24) is 19.7 Å². The minimum atomic E-state index is -1.62. The highest BCUT2D eigenvalue weighted by Gasteiger charge is 2.53. The van der Waals surface area contributed by atoms with E-state index in [4.69, 9.17) is 21.4 Å². The minimum Gasteiger partial charge on any atom is -0.394 e. The number of rotatable bonds is 2. The number of fused-ring (bicyclic) bond motifs is 1. The zero-order valence-electron chi connectivity index (χ0n) is 10.5. The minimum absolute atomic E-state index is 0.234. The molecular formula is C11H13ClN4O4. The molecule has 0 amide bonds. The van der Waals surface area contributed by atoms with Crippen molar-refractivity contribution in [3.05, 3.63) is 17.7 Å². The van der Waals surface area contributed by atoms with E-state index in [0.717, 1.165) is 0 Å². The SMILES string of the molecule is C[C@@]1(O)[C@H](O)[C@@H](CO)O[C@@H]1n1ncc2c(Cl)ncnc21. The molecule has 0 spiro atoms. The van der Waals surface area contributed by atoms with Crippen molar-refractivity contribution in [3.8, 4) is 0 Å². The Morgan fingerprint density at radius 1 is 1.50 bits per heavy atom. The number of hydrogen-bond donors (Lipinski definition) is 3. The van der Waals surface area contributed by atoms with Gasteiger partial charge in [-0.2, -0.15) is 5.10 Å². The molecule has 0 unspecified atom stereocenters. The summed E-state index contributed by atoms with van der Waals surface area (Å²) >= 11 is 5.94. The molecule has 1 saturated heterocycles. The third-order valence-corrected chi connectivity index (χ3v) is 3.80. The average Bonchev–Trinajstić information content (AvgIpc) is 2.92. The maximum absolute atomic E-state index is 10.4. The van der Waals surface area contributed by atoms with Crippen LogP contribution in [0, 0.1) is 0 Å². The molecule has 2 aromatic heterocycles. The first kappa shape index (κ1) is 13.7. The standard InChI is InChI=1S/C11H13ClN4O4/c1-11(19)7(18)6(3-17)20-10(11)16-9-5(2-15-16)8(12)13-4-14-9/h2,4,6-7,10,17-19H,3H2,1H3/t6-,7-,10+,11-/m1/s1. The van der Waals surface area contributed by atoms with E-state index in [0.29, 0.717) is 11.0 Å². The van der Waals surface area contributed by atoms with Crippen molar-refractivity contribution in [2.24, 2.45) is 0 Å². The quantitative estimate of drug-likeness (QED) is 0.640. The van der Waals surface area contributed by atoms with E-state index in [2.05, 4.69) is 15.1 Å². The van der Waals surface area contributed by atoms with Crippen molar-refractivity contribution in [3.63, 3.8) is 0 Å². The summed E-state index contributed by atoms with van der Waals surface area (Å²) in [6, 6.07) is 0. The Morgan fingerprint density at radius 3 is 2.90 bits per heavy atom. The molecule has 0 radical (unpaired) electrons. The van der Waals surface area contributed by atoms with Gasteiger partial charge in [-0.1, -0.05) is 11.6 Å². The monoisotopic (exact) mass is 300 g/mol. The van der Waals surface area contributed by atoms with Gasteiger partial charge in [0, 0.05) is 0 Å². The van der Waals surface area contributed by atoms with E-state index in [1.54, 1.807) is 0 Å². The highest BCUT2D eigenvalue weighted by atomic mass is 35.5. The summed E-state index contributed by atoms with van der Waals surface area (Å²) in [4.78, 5) is 7.90. The molecule has 20 heavy (non-hydrogen) atoms. The van der Waals surface area contributed by atoms with Gasteiger partial charge in [-0.3, -0.25) is 0 Å². The Morgan fingerprint density at radius 2 is 2.25 bits per heavy atom. The van der Waals surface area contributed by atoms with Gasteiger partial charge in [0.15, 0.2) is 11.9 Å². The molecule has 0 saturated carbocycles. The topological polar surface area (TPSA) is 114 Å². The molecule has 3 N–H and O–H groups in total. The summed E-state index contributed by atoms with van der Waals surface area (Å²) in [5.41, 5.74) is -1.25. The molecule has 3 rings (SSSR count). The van der Waals surface area contributed by atoms with Crippen LogP contribution >= 0.6 is 11.6 Å². The lowest BCUT2D eigenvalue weighted by Gasteiger charge is -2.26. The molecule has 9 heteroatoms. The van der Waals surface area contributed by atoms with E-state index in [1.165, 1.54) is 24.1 Å². The van der Waals surface area contributed by atoms with Gasteiger partial charge in [-0.05, 0) is 6.92 Å². The lowest BCUT2D eigenvalue weighted by molar-refractivity contribution is -0.100. The summed E-state index contributed by atoms with van der Waals surface area (Å²) in [5.74, 6) is 0. The third-order valence-electron chi connectivity index (χ3n) is 3.50. The average molecular weight is 301 g/mol. The van der Waals surface area contributed by atoms with Crippen molar-refractivity contribution >= 4 is 22.6 Å². The Labute approximate surface area is 118 Å². The maximum atomic E-state index is 10.4. The predicted octanol–water partition coefficient (Wildman–Crippen LogP) is -0.519. The molecule has 0 aliphatic carbocycles. The smallest absolute Gasteiger partial charge is 0.183 e. The number of aromatic nitrogens is 4. The van der Waals surface area contributed by atoms with Gasteiger partial charge < -0.3 is 20.1 Å². The van der Waals surface area contributed by atoms with Crippen LogP contribution in [0.5, 0.6) is 0 Å². The Hall–Kier alpha value is -1.32. The molecule has 1 aliphatic heterocycles. The van der Waals surface area contributed by atoms with Crippen LogP contribution in [-0.4, -0.2) is 59.5 Å². The maximum Gasteiger partial charge on any atom is 0.183 e. The molecule has 2 aromatic rings. The van der Waals surface area contributed by atoms with E-state index in [1.807, 2.05) is 0 Å². The van der Waals surface area contributed by atoms with Crippen molar-refractivity contribution in [1.29, 1.82) is 0 Å². The van der Waals surface area contributed by atoms with Crippen LogP contribution in [0.25, 0.3) is 11.0 Å². The Kier molecular flexibility index (Phi) is 3.14. The predicted molar refractivity (Wildman–Crippen MR) is 68.0 cm³/mol. The second-order valence-corrected chi connectivity index (χ2v) is 5.23. The van der Waals surface area contributed by atoms with Gasteiger partial charge >= 0.3 is 0 Å². The molecule has 4 atom stereocenters. The van der Waals surface area contributed by atoms with Crippen LogP contribution in [0.3, 0.4) is 0 Å². The van der Waals surface area contributed by atoms with Gasteiger partial charge in [-0.15, -0.1) is 0 Å². The van der Waals surface area contributed by atoms with Crippen LogP contribution in [0.4, 0.5) is 0 Å². The molecular weight excluding hydrogens is 288 g/mol. The van der Waals surface area contributed by atoms with E-state index in [-0.39, 0.29) is 5.15 Å². The first-order valence-corrected chi connectivity index (χ1v) is 6.35. The fourth-order valence-corrected chi connectivity index (χ4v) is 2.53. The van der Waals surface area contributed by atoms with E-state index >= 15 is 0 Å².